The fourth-order valence-corrected chi connectivity index (χ4v) is 2.97. The standard InChI is InChI=1S/C22H29NO4/c1-14(2)17-7-9-18(10-8-17)15(3)23-21(24)13-16-11-19(25-4)22(27-6)20(12-16)26-5/h7-12,14-15H,13H2,1-6H3,(H,23,24). The summed E-state index contributed by atoms with van der Waals surface area (Å²) in [4.78, 5) is 12.5. The second-order valence-corrected chi connectivity index (χ2v) is 6.82. The summed E-state index contributed by atoms with van der Waals surface area (Å²) < 4.78 is 16.0. The molecular formula is C22H29NO4. The molecule has 0 spiro atoms. The van der Waals surface area contributed by atoms with Gasteiger partial charge in [0.2, 0.25) is 11.7 Å². The number of nitrogens with one attached hydrogen (secondary N) is 1. The molecule has 5 heteroatoms. The summed E-state index contributed by atoms with van der Waals surface area (Å²) in [5.74, 6) is 2.02. The number of methoxy groups -OCH3 is 3. The van der Waals surface area contributed by atoms with E-state index in [1.807, 2.05) is 6.92 Å². The van der Waals surface area contributed by atoms with Crippen LogP contribution in [-0.4, -0.2) is 27.2 Å². The zero-order valence-electron chi connectivity index (χ0n) is 17.0. The Kier molecular flexibility index (Phi) is 7.11. The first-order chi connectivity index (χ1) is 12.9. The summed E-state index contributed by atoms with van der Waals surface area (Å²) in [6.45, 7) is 6.31. The van der Waals surface area contributed by atoms with Crippen LogP contribution in [0.3, 0.4) is 0 Å². The predicted octanol–water partition coefficient (Wildman–Crippen LogP) is 4.26. The molecule has 0 aliphatic rings. The van der Waals surface area contributed by atoms with E-state index in [1.54, 1.807) is 33.5 Å². The molecule has 0 fully saturated rings. The summed E-state index contributed by atoms with van der Waals surface area (Å²) in [6.07, 6.45) is 0.227. The molecule has 1 atom stereocenters. The van der Waals surface area contributed by atoms with Crippen LogP contribution in [0.2, 0.25) is 0 Å². The van der Waals surface area contributed by atoms with Crippen LogP contribution in [0, 0.1) is 0 Å². The molecule has 0 saturated heterocycles. The molecule has 1 N–H and O–H groups in total. The summed E-state index contributed by atoms with van der Waals surface area (Å²) in [6, 6.07) is 11.9. The lowest BCUT2D eigenvalue weighted by Gasteiger charge is -2.17. The highest BCUT2D eigenvalue weighted by molar-refractivity contribution is 5.79. The number of benzene rings is 2. The minimum atomic E-state index is -0.0687. The lowest BCUT2D eigenvalue weighted by atomic mass is 9.99. The van der Waals surface area contributed by atoms with E-state index in [2.05, 4.69) is 43.4 Å². The summed E-state index contributed by atoms with van der Waals surface area (Å²) >= 11 is 0. The first kappa shape index (κ1) is 20.6. The van der Waals surface area contributed by atoms with Gasteiger partial charge in [-0.15, -0.1) is 0 Å². The molecule has 0 saturated carbocycles. The molecule has 0 heterocycles. The molecule has 146 valence electrons. The van der Waals surface area contributed by atoms with E-state index in [1.165, 1.54) is 5.56 Å². The van der Waals surface area contributed by atoms with Crippen LogP contribution in [0.25, 0.3) is 0 Å². The highest BCUT2D eigenvalue weighted by Gasteiger charge is 2.16. The Hall–Kier alpha value is -2.69. The molecule has 0 aliphatic heterocycles. The lowest BCUT2D eigenvalue weighted by molar-refractivity contribution is -0.121. The number of ether oxygens (including phenoxy) is 3. The molecule has 0 radical (unpaired) electrons. The van der Waals surface area contributed by atoms with Crippen molar-refractivity contribution in [3.63, 3.8) is 0 Å². The molecule has 5 nitrogen and oxygen atoms in total. The molecule has 0 aliphatic carbocycles. The van der Waals surface area contributed by atoms with E-state index >= 15 is 0 Å². The largest absolute Gasteiger partial charge is 0.493 e. The Balaban J connectivity index is 2.08. The van der Waals surface area contributed by atoms with Crippen LogP contribution >= 0.6 is 0 Å². The van der Waals surface area contributed by atoms with Crippen molar-refractivity contribution in [1.29, 1.82) is 0 Å². The zero-order valence-corrected chi connectivity index (χ0v) is 17.0. The Morgan fingerprint density at radius 3 is 1.85 bits per heavy atom. The summed E-state index contributed by atoms with van der Waals surface area (Å²) in [5.41, 5.74) is 3.16. The maximum Gasteiger partial charge on any atom is 0.224 e. The van der Waals surface area contributed by atoms with Crippen molar-refractivity contribution in [3.8, 4) is 17.2 Å². The van der Waals surface area contributed by atoms with Gasteiger partial charge in [0.15, 0.2) is 11.5 Å². The monoisotopic (exact) mass is 371 g/mol. The van der Waals surface area contributed by atoms with E-state index in [9.17, 15) is 4.79 Å². The average molecular weight is 371 g/mol. The minimum absolute atomic E-state index is 0.0651. The molecule has 2 aromatic carbocycles. The summed E-state index contributed by atoms with van der Waals surface area (Å²) in [7, 11) is 4.67. The lowest BCUT2D eigenvalue weighted by Crippen LogP contribution is -2.28. The van der Waals surface area contributed by atoms with Gasteiger partial charge in [-0.1, -0.05) is 38.1 Å². The van der Waals surface area contributed by atoms with Crippen molar-refractivity contribution in [1.82, 2.24) is 5.32 Å². The van der Waals surface area contributed by atoms with Crippen LogP contribution in [0.5, 0.6) is 17.2 Å². The Morgan fingerprint density at radius 2 is 1.41 bits per heavy atom. The van der Waals surface area contributed by atoms with Crippen molar-refractivity contribution < 1.29 is 19.0 Å². The van der Waals surface area contributed by atoms with E-state index < -0.39 is 0 Å². The molecule has 2 aromatic rings. The minimum Gasteiger partial charge on any atom is -0.493 e. The van der Waals surface area contributed by atoms with Gasteiger partial charge in [0.1, 0.15) is 0 Å². The third-order valence-electron chi connectivity index (χ3n) is 4.57. The van der Waals surface area contributed by atoms with Gasteiger partial charge >= 0.3 is 0 Å². The van der Waals surface area contributed by atoms with Crippen molar-refractivity contribution in [2.45, 2.75) is 39.2 Å². The Morgan fingerprint density at radius 1 is 0.889 bits per heavy atom. The fourth-order valence-electron chi connectivity index (χ4n) is 2.97. The van der Waals surface area contributed by atoms with Gasteiger partial charge in [-0.3, -0.25) is 4.79 Å². The van der Waals surface area contributed by atoms with Crippen molar-refractivity contribution in [2.75, 3.05) is 21.3 Å². The predicted molar refractivity (Wildman–Crippen MR) is 107 cm³/mol. The smallest absolute Gasteiger partial charge is 0.224 e. The molecule has 1 amide bonds. The quantitative estimate of drug-likeness (QED) is 0.753. The van der Waals surface area contributed by atoms with Crippen LogP contribution < -0.4 is 19.5 Å². The molecular weight excluding hydrogens is 342 g/mol. The number of carbonyl (C=O) groups excluding carboxylic acids is 1. The normalized spacial score (nSPS) is 11.8. The average Bonchev–Trinajstić information content (AvgIpc) is 2.66. The Bertz CT molecular complexity index is 743. The van der Waals surface area contributed by atoms with E-state index in [4.69, 9.17) is 14.2 Å². The molecule has 0 aromatic heterocycles. The second kappa shape index (κ2) is 9.31. The topological polar surface area (TPSA) is 56.8 Å². The van der Waals surface area contributed by atoms with Crippen molar-refractivity contribution in [3.05, 3.63) is 53.1 Å². The second-order valence-electron chi connectivity index (χ2n) is 6.82. The van der Waals surface area contributed by atoms with Gasteiger partial charge in [0.25, 0.3) is 0 Å². The van der Waals surface area contributed by atoms with Crippen LogP contribution in [0.1, 0.15) is 49.4 Å². The highest BCUT2D eigenvalue weighted by Crippen LogP contribution is 2.38. The van der Waals surface area contributed by atoms with Crippen LogP contribution in [0.4, 0.5) is 0 Å². The molecule has 2 rings (SSSR count). The summed E-state index contributed by atoms with van der Waals surface area (Å²) in [5, 5.41) is 3.05. The fraction of sp³-hybridized carbons (Fsp3) is 0.409. The molecule has 27 heavy (non-hydrogen) atoms. The van der Waals surface area contributed by atoms with E-state index in [0.29, 0.717) is 23.2 Å². The van der Waals surface area contributed by atoms with Crippen LogP contribution in [-0.2, 0) is 11.2 Å². The third kappa shape index (κ3) is 5.16. The van der Waals surface area contributed by atoms with E-state index in [-0.39, 0.29) is 18.4 Å². The van der Waals surface area contributed by atoms with Gasteiger partial charge in [-0.05, 0) is 41.7 Å². The van der Waals surface area contributed by atoms with Gasteiger partial charge in [0.05, 0.1) is 33.8 Å². The first-order valence-electron chi connectivity index (χ1n) is 9.07. The zero-order chi connectivity index (χ0) is 20.0. The van der Waals surface area contributed by atoms with Gasteiger partial charge in [0, 0.05) is 0 Å². The number of hydrogen-bond donors (Lipinski definition) is 1. The maximum absolute atomic E-state index is 12.5. The van der Waals surface area contributed by atoms with Crippen LogP contribution in [0.15, 0.2) is 36.4 Å². The number of hydrogen-bond acceptors (Lipinski definition) is 4. The van der Waals surface area contributed by atoms with E-state index in [0.717, 1.165) is 11.1 Å². The highest BCUT2D eigenvalue weighted by atomic mass is 16.5. The Labute approximate surface area is 161 Å². The SMILES string of the molecule is COc1cc(CC(=O)NC(C)c2ccc(C(C)C)cc2)cc(OC)c1OC. The van der Waals surface area contributed by atoms with Gasteiger partial charge < -0.3 is 19.5 Å². The first-order valence-corrected chi connectivity index (χ1v) is 9.07. The number of amides is 1. The number of carbonyl (C=O) groups is 1. The number of rotatable bonds is 8. The third-order valence-corrected chi connectivity index (χ3v) is 4.57. The maximum atomic E-state index is 12.5. The van der Waals surface area contributed by atoms with Gasteiger partial charge in [-0.2, -0.15) is 0 Å². The molecule has 0 bridgehead atoms. The molecule has 1 unspecified atom stereocenters. The van der Waals surface area contributed by atoms with Gasteiger partial charge in [-0.25, -0.2) is 0 Å². The van der Waals surface area contributed by atoms with Crippen molar-refractivity contribution >= 4 is 5.91 Å². The van der Waals surface area contributed by atoms with Crippen molar-refractivity contribution in [2.24, 2.45) is 0 Å².